The van der Waals surface area contributed by atoms with Gasteiger partial charge in [0.1, 0.15) is 11.5 Å². The SMILES string of the molecule is CCOC(=O)/C=C/C=C/c1ccc(OC)cc1.COc1ccc(CCCCC(=O)O)cc1. The molecule has 0 aromatic heterocycles. The van der Waals surface area contributed by atoms with Crippen molar-refractivity contribution in [3.8, 4) is 11.5 Å². The van der Waals surface area contributed by atoms with E-state index >= 15 is 0 Å². The van der Waals surface area contributed by atoms with E-state index in [0.717, 1.165) is 36.3 Å². The molecule has 2 rings (SSSR count). The van der Waals surface area contributed by atoms with Gasteiger partial charge in [0.2, 0.25) is 0 Å². The Morgan fingerprint density at radius 1 is 0.875 bits per heavy atom. The second-order valence-corrected chi connectivity index (χ2v) is 6.69. The molecule has 6 nitrogen and oxygen atoms in total. The first-order chi connectivity index (χ1) is 15.5. The van der Waals surface area contributed by atoms with Crippen molar-refractivity contribution in [3.63, 3.8) is 0 Å². The van der Waals surface area contributed by atoms with Crippen LogP contribution in [0.3, 0.4) is 0 Å². The van der Waals surface area contributed by atoms with Crippen LogP contribution in [0.2, 0.25) is 0 Å². The molecule has 0 amide bonds. The number of rotatable bonds is 11. The molecule has 0 heterocycles. The fourth-order valence-corrected chi connectivity index (χ4v) is 2.60. The normalized spacial score (nSPS) is 10.5. The molecule has 0 spiro atoms. The summed E-state index contributed by atoms with van der Waals surface area (Å²) >= 11 is 0. The van der Waals surface area contributed by atoms with Gasteiger partial charge in [0.05, 0.1) is 20.8 Å². The summed E-state index contributed by atoms with van der Waals surface area (Å²) in [5.41, 5.74) is 2.26. The Hall–Kier alpha value is -3.54. The third kappa shape index (κ3) is 12.2. The number of hydrogen-bond donors (Lipinski definition) is 1. The summed E-state index contributed by atoms with van der Waals surface area (Å²) in [6, 6.07) is 15.5. The molecule has 6 heteroatoms. The van der Waals surface area contributed by atoms with Crippen molar-refractivity contribution < 1.29 is 28.9 Å². The highest BCUT2D eigenvalue weighted by atomic mass is 16.5. The maximum Gasteiger partial charge on any atom is 0.330 e. The van der Waals surface area contributed by atoms with Gasteiger partial charge in [-0.2, -0.15) is 0 Å². The van der Waals surface area contributed by atoms with Gasteiger partial charge in [-0.05, 0) is 61.6 Å². The molecule has 2 aromatic rings. The van der Waals surface area contributed by atoms with E-state index in [-0.39, 0.29) is 12.4 Å². The zero-order valence-electron chi connectivity index (χ0n) is 19.0. The molecule has 0 radical (unpaired) electrons. The maximum absolute atomic E-state index is 11.0. The highest BCUT2D eigenvalue weighted by molar-refractivity contribution is 5.82. The number of esters is 1. The summed E-state index contributed by atoms with van der Waals surface area (Å²) in [6.07, 6.45) is 9.58. The summed E-state index contributed by atoms with van der Waals surface area (Å²) in [4.78, 5) is 21.3. The standard InChI is InChI=1S/C14H16O3.C12H16O3/c1-3-17-14(15)7-5-4-6-12-8-10-13(16-2)11-9-12;1-15-11-8-6-10(7-9-11)4-2-3-5-12(13)14/h4-11H,3H2,1-2H3;6-9H,2-5H2,1H3,(H,13,14)/b6-4+,7-5+;. The number of carboxylic acids is 1. The van der Waals surface area contributed by atoms with E-state index in [1.54, 1.807) is 33.3 Å². The molecule has 0 saturated carbocycles. The highest BCUT2D eigenvalue weighted by Crippen LogP contribution is 2.14. The molecule has 0 fully saturated rings. The van der Waals surface area contributed by atoms with Crippen LogP contribution in [0.1, 0.15) is 37.3 Å². The summed E-state index contributed by atoms with van der Waals surface area (Å²) in [6.45, 7) is 2.17. The van der Waals surface area contributed by atoms with Crippen LogP contribution in [0.4, 0.5) is 0 Å². The largest absolute Gasteiger partial charge is 0.497 e. The molecule has 2 aromatic carbocycles. The molecule has 0 aliphatic heterocycles. The number of carboxylic acid groups (broad SMARTS) is 1. The minimum Gasteiger partial charge on any atom is -0.497 e. The van der Waals surface area contributed by atoms with Gasteiger partial charge in [-0.1, -0.05) is 42.5 Å². The van der Waals surface area contributed by atoms with Crippen LogP contribution in [-0.2, 0) is 20.7 Å². The molecule has 0 saturated heterocycles. The van der Waals surface area contributed by atoms with Gasteiger partial charge in [0.15, 0.2) is 0 Å². The molecule has 0 unspecified atom stereocenters. The molecule has 32 heavy (non-hydrogen) atoms. The van der Waals surface area contributed by atoms with E-state index in [1.807, 2.05) is 54.6 Å². The average molecular weight is 441 g/mol. The van der Waals surface area contributed by atoms with Crippen LogP contribution >= 0.6 is 0 Å². The van der Waals surface area contributed by atoms with E-state index in [4.69, 9.17) is 19.3 Å². The minimum atomic E-state index is -0.718. The zero-order valence-corrected chi connectivity index (χ0v) is 19.0. The van der Waals surface area contributed by atoms with Crippen molar-refractivity contribution in [2.45, 2.75) is 32.6 Å². The first kappa shape index (κ1) is 26.5. The molecule has 0 bridgehead atoms. The van der Waals surface area contributed by atoms with Crippen LogP contribution < -0.4 is 9.47 Å². The summed E-state index contributed by atoms with van der Waals surface area (Å²) in [5, 5.41) is 8.46. The van der Waals surface area contributed by atoms with Gasteiger partial charge in [-0.3, -0.25) is 4.79 Å². The van der Waals surface area contributed by atoms with Crippen LogP contribution in [0, 0.1) is 0 Å². The first-order valence-corrected chi connectivity index (χ1v) is 10.5. The number of methoxy groups -OCH3 is 2. The fraction of sp³-hybridized carbons (Fsp3) is 0.308. The Labute approximate surface area is 190 Å². The Balaban J connectivity index is 0.000000323. The Morgan fingerprint density at radius 3 is 2.00 bits per heavy atom. The number of unbranched alkanes of at least 4 members (excludes halogenated alkanes) is 1. The van der Waals surface area contributed by atoms with Crippen LogP contribution in [0.25, 0.3) is 6.08 Å². The molecule has 172 valence electrons. The van der Waals surface area contributed by atoms with Crippen molar-refractivity contribution in [2.75, 3.05) is 20.8 Å². The van der Waals surface area contributed by atoms with Crippen molar-refractivity contribution in [1.29, 1.82) is 0 Å². The lowest BCUT2D eigenvalue weighted by atomic mass is 10.1. The molecule has 0 aliphatic carbocycles. The van der Waals surface area contributed by atoms with Crippen molar-refractivity contribution in [1.82, 2.24) is 0 Å². The van der Waals surface area contributed by atoms with Crippen molar-refractivity contribution >= 4 is 18.0 Å². The molecule has 0 atom stereocenters. The number of ether oxygens (including phenoxy) is 3. The van der Waals surface area contributed by atoms with Gasteiger partial charge >= 0.3 is 11.9 Å². The second kappa shape index (κ2) is 16.2. The predicted molar refractivity (Wildman–Crippen MR) is 126 cm³/mol. The van der Waals surface area contributed by atoms with Gasteiger partial charge in [0.25, 0.3) is 0 Å². The van der Waals surface area contributed by atoms with Gasteiger partial charge in [-0.15, -0.1) is 0 Å². The van der Waals surface area contributed by atoms with E-state index in [0.29, 0.717) is 6.61 Å². The first-order valence-electron chi connectivity index (χ1n) is 10.5. The smallest absolute Gasteiger partial charge is 0.330 e. The molecular weight excluding hydrogens is 408 g/mol. The van der Waals surface area contributed by atoms with E-state index in [1.165, 1.54) is 11.6 Å². The summed E-state index contributed by atoms with van der Waals surface area (Å²) in [5.74, 6) is 0.630. The third-order valence-electron chi connectivity index (χ3n) is 4.30. The summed E-state index contributed by atoms with van der Waals surface area (Å²) < 4.78 is 14.9. The Bertz CT molecular complexity index is 851. The second-order valence-electron chi connectivity index (χ2n) is 6.69. The lowest BCUT2D eigenvalue weighted by Crippen LogP contribution is -1.98. The molecule has 1 N–H and O–H groups in total. The maximum atomic E-state index is 11.0. The number of carbonyl (C=O) groups is 2. The monoisotopic (exact) mass is 440 g/mol. The number of aliphatic carboxylic acids is 1. The predicted octanol–water partition coefficient (Wildman–Crippen LogP) is 5.32. The van der Waals surface area contributed by atoms with E-state index in [9.17, 15) is 9.59 Å². The number of hydrogen-bond acceptors (Lipinski definition) is 5. The quantitative estimate of drug-likeness (QED) is 0.220. The van der Waals surface area contributed by atoms with Gasteiger partial charge in [-0.25, -0.2) is 4.79 Å². The lowest BCUT2D eigenvalue weighted by molar-refractivity contribution is -0.138. The minimum absolute atomic E-state index is 0.260. The Kier molecular flexibility index (Phi) is 13.4. The number of carbonyl (C=O) groups excluding carboxylic acids is 1. The Morgan fingerprint density at radius 2 is 1.47 bits per heavy atom. The van der Waals surface area contributed by atoms with E-state index < -0.39 is 5.97 Å². The molecule has 0 aliphatic rings. The van der Waals surface area contributed by atoms with Crippen LogP contribution in [-0.4, -0.2) is 37.9 Å². The van der Waals surface area contributed by atoms with Crippen LogP contribution in [0.15, 0.2) is 66.8 Å². The fourth-order valence-electron chi connectivity index (χ4n) is 2.60. The van der Waals surface area contributed by atoms with Crippen LogP contribution in [0.5, 0.6) is 11.5 Å². The van der Waals surface area contributed by atoms with Gasteiger partial charge < -0.3 is 19.3 Å². The number of benzene rings is 2. The number of allylic oxidation sites excluding steroid dienone is 2. The number of aryl methyl sites for hydroxylation is 1. The van der Waals surface area contributed by atoms with Gasteiger partial charge in [0, 0.05) is 12.5 Å². The van der Waals surface area contributed by atoms with Crippen molar-refractivity contribution in [2.24, 2.45) is 0 Å². The lowest BCUT2D eigenvalue weighted by Gasteiger charge is -2.02. The van der Waals surface area contributed by atoms with Crippen molar-refractivity contribution in [3.05, 3.63) is 77.9 Å². The topological polar surface area (TPSA) is 82.1 Å². The third-order valence-corrected chi connectivity index (χ3v) is 4.30. The highest BCUT2D eigenvalue weighted by Gasteiger charge is 1.98. The zero-order chi connectivity index (χ0) is 23.6. The average Bonchev–Trinajstić information content (AvgIpc) is 2.81. The van der Waals surface area contributed by atoms with E-state index in [2.05, 4.69) is 0 Å². The summed E-state index contributed by atoms with van der Waals surface area (Å²) in [7, 11) is 3.27. The molecular formula is C26H32O6.